The quantitative estimate of drug-likeness (QED) is 0.599. The first kappa shape index (κ1) is 13.0. The Morgan fingerprint density at radius 2 is 2.18 bits per heavy atom. The molecule has 0 spiro atoms. The van der Waals surface area contributed by atoms with Crippen LogP contribution in [0.1, 0.15) is 5.56 Å². The molecule has 0 bridgehead atoms. The van der Waals surface area contributed by atoms with Crippen LogP contribution in [0.2, 0.25) is 0 Å². The van der Waals surface area contributed by atoms with Gasteiger partial charge in [-0.15, -0.1) is 0 Å². The van der Waals surface area contributed by atoms with Crippen molar-refractivity contribution in [3.63, 3.8) is 0 Å². The zero-order valence-corrected chi connectivity index (χ0v) is 8.97. The lowest BCUT2D eigenvalue weighted by molar-refractivity contribution is -0.138. The molecule has 0 radical (unpaired) electrons. The lowest BCUT2D eigenvalue weighted by Gasteiger charge is -2.04. The Labute approximate surface area is 97.0 Å². The summed E-state index contributed by atoms with van der Waals surface area (Å²) in [5.41, 5.74) is 7.11. The average molecular weight is 238 g/mol. The van der Waals surface area contributed by atoms with E-state index >= 15 is 0 Å². The van der Waals surface area contributed by atoms with E-state index in [-0.39, 0.29) is 17.6 Å². The van der Waals surface area contributed by atoms with E-state index in [0.717, 1.165) is 16.5 Å². The molecule has 0 aliphatic heterocycles. The molecule has 6 heteroatoms. The fourth-order valence-electron chi connectivity index (χ4n) is 1.66. The molecule has 0 aliphatic carbocycles. The first-order chi connectivity index (χ1) is 7.58. The van der Waals surface area contributed by atoms with Crippen molar-refractivity contribution in [3.8, 4) is 5.75 Å². The van der Waals surface area contributed by atoms with Crippen molar-refractivity contribution in [2.45, 2.75) is 12.5 Å². The average Bonchev–Trinajstić information content (AvgIpc) is 2.61. The number of aromatic hydroxyl groups is 1. The Hall–Kier alpha value is -2.05. The fraction of sp³-hybridized carbons (Fsp3) is 0.182. The molecule has 2 aromatic rings. The van der Waals surface area contributed by atoms with E-state index in [9.17, 15) is 9.90 Å². The van der Waals surface area contributed by atoms with E-state index in [2.05, 4.69) is 4.98 Å². The van der Waals surface area contributed by atoms with Crippen molar-refractivity contribution >= 4 is 16.9 Å². The van der Waals surface area contributed by atoms with Gasteiger partial charge in [-0.2, -0.15) is 0 Å². The van der Waals surface area contributed by atoms with Gasteiger partial charge >= 0.3 is 5.97 Å². The number of aromatic nitrogens is 1. The number of H-pyrrole nitrogens is 1. The Morgan fingerprint density at radius 3 is 2.82 bits per heavy atom. The number of carboxylic acids is 1. The second-order valence-corrected chi connectivity index (χ2v) is 3.69. The molecule has 1 aromatic carbocycles. The number of nitrogens with two attached hydrogens (primary N) is 1. The van der Waals surface area contributed by atoms with E-state index in [0.29, 0.717) is 0 Å². The molecule has 0 amide bonds. The zero-order valence-electron chi connectivity index (χ0n) is 8.97. The molecule has 92 valence electrons. The summed E-state index contributed by atoms with van der Waals surface area (Å²) >= 11 is 0. The number of benzene rings is 1. The number of carboxylic acid groups (broad SMARTS) is 1. The zero-order chi connectivity index (χ0) is 11.7. The molecule has 1 aromatic heterocycles. The number of rotatable bonds is 3. The minimum Gasteiger partial charge on any atom is -0.508 e. The fourth-order valence-corrected chi connectivity index (χ4v) is 1.66. The number of phenols is 1. The van der Waals surface area contributed by atoms with Crippen LogP contribution in [0.4, 0.5) is 0 Å². The summed E-state index contributed by atoms with van der Waals surface area (Å²) in [5, 5.41) is 18.9. The second-order valence-electron chi connectivity index (χ2n) is 3.69. The first-order valence-electron chi connectivity index (χ1n) is 4.85. The number of nitrogens with one attached hydrogen (secondary N) is 1. The normalized spacial score (nSPS) is 12.1. The highest BCUT2D eigenvalue weighted by Gasteiger charge is 2.14. The van der Waals surface area contributed by atoms with Crippen molar-refractivity contribution in [2.75, 3.05) is 0 Å². The molecule has 6 nitrogen and oxygen atoms in total. The van der Waals surface area contributed by atoms with Gasteiger partial charge in [0.05, 0.1) is 0 Å². The van der Waals surface area contributed by atoms with Gasteiger partial charge in [0.25, 0.3) is 0 Å². The summed E-state index contributed by atoms with van der Waals surface area (Å²) in [6, 6.07) is 3.97. The van der Waals surface area contributed by atoms with Gasteiger partial charge in [0.1, 0.15) is 11.8 Å². The number of phenolic OH excluding ortho intramolecular Hbond substituents is 1. The van der Waals surface area contributed by atoms with E-state index in [1.54, 1.807) is 24.4 Å². The number of hydrogen-bond donors (Lipinski definition) is 4. The molecule has 0 fully saturated rings. The predicted octanol–water partition coefficient (Wildman–Crippen LogP) is 0.00320. The van der Waals surface area contributed by atoms with E-state index < -0.39 is 12.0 Å². The van der Waals surface area contributed by atoms with Gasteiger partial charge in [0.15, 0.2) is 0 Å². The predicted molar refractivity (Wildman–Crippen MR) is 62.9 cm³/mol. The molecule has 1 atom stereocenters. The number of aliphatic carboxylic acids is 1. The van der Waals surface area contributed by atoms with Crippen LogP contribution in [0.5, 0.6) is 5.75 Å². The van der Waals surface area contributed by atoms with Crippen molar-refractivity contribution < 1.29 is 20.5 Å². The summed E-state index contributed by atoms with van der Waals surface area (Å²) in [7, 11) is 0. The lowest BCUT2D eigenvalue weighted by atomic mass is 10.1. The third-order valence-electron chi connectivity index (χ3n) is 2.51. The molecular formula is C11H14N2O4. The minimum atomic E-state index is -1.03. The SMILES string of the molecule is NC(Cc1c[nH]c2ccc(O)cc12)C(=O)O.O. The van der Waals surface area contributed by atoms with Crippen LogP contribution >= 0.6 is 0 Å². The summed E-state index contributed by atoms with van der Waals surface area (Å²) in [5.74, 6) is -0.883. The van der Waals surface area contributed by atoms with Gasteiger partial charge in [-0.25, -0.2) is 0 Å². The molecule has 17 heavy (non-hydrogen) atoms. The maximum absolute atomic E-state index is 10.6. The molecule has 0 saturated carbocycles. The van der Waals surface area contributed by atoms with Gasteiger partial charge in [-0.1, -0.05) is 0 Å². The van der Waals surface area contributed by atoms with Crippen LogP contribution in [0.25, 0.3) is 10.9 Å². The summed E-state index contributed by atoms with van der Waals surface area (Å²) < 4.78 is 0. The topological polar surface area (TPSA) is 131 Å². The van der Waals surface area contributed by atoms with Crippen LogP contribution in [0, 0.1) is 0 Å². The maximum atomic E-state index is 10.6. The highest BCUT2D eigenvalue weighted by molar-refractivity contribution is 5.85. The van der Waals surface area contributed by atoms with Crippen molar-refractivity contribution in [1.82, 2.24) is 4.98 Å². The highest BCUT2D eigenvalue weighted by atomic mass is 16.4. The number of fused-ring (bicyclic) bond motifs is 1. The van der Waals surface area contributed by atoms with Crippen LogP contribution < -0.4 is 5.73 Å². The molecule has 0 saturated heterocycles. The standard InChI is InChI=1S/C11H12N2O3.H2O/c12-9(11(15)16)3-6-5-13-10-2-1-7(14)4-8(6)10;/h1-2,4-5,9,13-14H,3,12H2,(H,15,16);1H2. The smallest absolute Gasteiger partial charge is 0.320 e. The van der Waals surface area contributed by atoms with Crippen LogP contribution in [0.15, 0.2) is 24.4 Å². The van der Waals surface area contributed by atoms with E-state index in [4.69, 9.17) is 10.8 Å². The van der Waals surface area contributed by atoms with Crippen molar-refractivity contribution in [1.29, 1.82) is 0 Å². The van der Waals surface area contributed by atoms with Gasteiger partial charge in [0.2, 0.25) is 0 Å². The maximum Gasteiger partial charge on any atom is 0.320 e. The molecule has 1 heterocycles. The van der Waals surface area contributed by atoms with E-state index in [1.807, 2.05) is 0 Å². The summed E-state index contributed by atoms with van der Waals surface area (Å²) in [4.78, 5) is 13.6. The first-order valence-corrected chi connectivity index (χ1v) is 4.85. The Bertz CT molecular complexity index is 535. The monoisotopic (exact) mass is 238 g/mol. The third kappa shape index (κ3) is 2.55. The van der Waals surface area contributed by atoms with Gasteiger partial charge < -0.3 is 26.4 Å². The van der Waals surface area contributed by atoms with Gasteiger partial charge in [0, 0.05) is 23.5 Å². The summed E-state index contributed by atoms with van der Waals surface area (Å²) in [6.07, 6.45) is 1.95. The van der Waals surface area contributed by atoms with Crippen LogP contribution in [0.3, 0.4) is 0 Å². The Morgan fingerprint density at radius 1 is 1.47 bits per heavy atom. The Balaban J connectivity index is 0.00000144. The lowest BCUT2D eigenvalue weighted by Crippen LogP contribution is -2.32. The van der Waals surface area contributed by atoms with Crippen LogP contribution in [-0.4, -0.2) is 32.7 Å². The molecule has 7 N–H and O–H groups in total. The van der Waals surface area contributed by atoms with Gasteiger partial charge in [-0.3, -0.25) is 4.79 Å². The summed E-state index contributed by atoms with van der Waals surface area (Å²) in [6.45, 7) is 0. The van der Waals surface area contributed by atoms with Crippen molar-refractivity contribution in [2.24, 2.45) is 5.73 Å². The molecular weight excluding hydrogens is 224 g/mol. The third-order valence-corrected chi connectivity index (χ3v) is 2.51. The molecule has 0 aliphatic rings. The van der Waals surface area contributed by atoms with Gasteiger partial charge in [-0.05, 0) is 23.8 Å². The van der Waals surface area contributed by atoms with Crippen molar-refractivity contribution in [3.05, 3.63) is 30.0 Å². The van der Waals surface area contributed by atoms with Crippen LogP contribution in [-0.2, 0) is 11.2 Å². The molecule has 1 unspecified atom stereocenters. The number of carbonyl (C=O) groups is 1. The highest BCUT2D eigenvalue weighted by Crippen LogP contribution is 2.23. The van der Waals surface area contributed by atoms with E-state index in [1.165, 1.54) is 0 Å². The minimum absolute atomic E-state index is 0. The second kappa shape index (κ2) is 4.86. The Kier molecular flexibility index (Phi) is 3.72. The largest absolute Gasteiger partial charge is 0.508 e. The molecule has 2 rings (SSSR count). The number of hydrogen-bond acceptors (Lipinski definition) is 3. The number of aromatic amines is 1.